The Hall–Kier alpha value is -3.89. The minimum atomic E-state index is -4.51. The highest BCUT2D eigenvalue weighted by Gasteiger charge is 2.30. The minimum absolute atomic E-state index is 0.00391. The first-order valence-corrected chi connectivity index (χ1v) is 9.54. The lowest BCUT2D eigenvalue weighted by Crippen LogP contribution is -2.38. The molecule has 2 aromatic rings. The Bertz CT molecular complexity index is 1040. The van der Waals surface area contributed by atoms with Gasteiger partial charge in [-0.05, 0) is 48.7 Å². The molecule has 0 atom stereocenters. The third-order valence-corrected chi connectivity index (χ3v) is 4.20. The zero-order chi connectivity index (χ0) is 23.1. The van der Waals surface area contributed by atoms with E-state index in [1.54, 1.807) is 18.2 Å². The Morgan fingerprint density at radius 2 is 1.81 bits per heavy atom. The number of hydrogen-bond donors (Lipinski definition) is 3. The summed E-state index contributed by atoms with van der Waals surface area (Å²) < 4.78 is 43.6. The number of amides is 3. The molecule has 32 heavy (non-hydrogen) atoms. The third kappa shape index (κ3) is 7.11. The van der Waals surface area contributed by atoms with Gasteiger partial charge in [-0.2, -0.15) is 18.3 Å². The van der Waals surface area contributed by atoms with Crippen molar-refractivity contribution < 1.29 is 32.3 Å². The van der Waals surface area contributed by atoms with Crippen LogP contribution in [-0.2, 0) is 20.6 Å². The number of nitrogens with one attached hydrogen (secondary N) is 3. The van der Waals surface area contributed by atoms with Crippen LogP contribution in [0.3, 0.4) is 0 Å². The first-order chi connectivity index (χ1) is 15.2. The Morgan fingerprint density at radius 3 is 2.53 bits per heavy atom. The molecule has 11 heteroatoms. The van der Waals surface area contributed by atoms with Gasteiger partial charge in [0, 0.05) is 11.7 Å². The van der Waals surface area contributed by atoms with Crippen molar-refractivity contribution in [2.45, 2.75) is 25.1 Å². The first kappa shape index (κ1) is 22.8. The number of hydrazone groups is 1. The molecule has 2 aromatic carbocycles. The smallest absolute Gasteiger partial charge is 0.416 e. The van der Waals surface area contributed by atoms with E-state index in [4.69, 9.17) is 4.74 Å². The largest absolute Gasteiger partial charge is 0.484 e. The Balaban J connectivity index is 1.48. The lowest BCUT2D eigenvalue weighted by molar-refractivity contribution is -0.139. The zero-order valence-corrected chi connectivity index (χ0v) is 16.6. The predicted molar refractivity (Wildman–Crippen MR) is 109 cm³/mol. The van der Waals surface area contributed by atoms with Crippen molar-refractivity contribution in [2.75, 3.05) is 11.9 Å². The van der Waals surface area contributed by atoms with Crippen LogP contribution in [0.4, 0.5) is 18.9 Å². The fraction of sp³-hybridized carbons (Fsp3) is 0.238. The van der Waals surface area contributed by atoms with Crippen LogP contribution in [0.2, 0.25) is 0 Å². The summed E-state index contributed by atoms with van der Waals surface area (Å²) in [4.78, 5) is 35.1. The van der Waals surface area contributed by atoms with Gasteiger partial charge in [0.05, 0.1) is 11.8 Å². The van der Waals surface area contributed by atoms with Gasteiger partial charge in [-0.15, -0.1) is 0 Å². The zero-order valence-electron chi connectivity index (χ0n) is 16.6. The van der Waals surface area contributed by atoms with E-state index < -0.39 is 36.1 Å². The van der Waals surface area contributed by atoms with Gasteiger partial charge in [0.15, 0.2) is 6.61 Å². The van der Waals surface area contributed by atoms with Crippen LogP contribution in [0.1, 0.15) is 24.0 Å². The summed E-state index contributed by atoms with van der Waals surface area (Å²) in [7, 11) is 0. The van der Waals surface area contributed by atoms with Crippen molar-refractivity contribution in [3.05, 3.63) is 59.7 Å². The fourth-order valence-corrected chi connectivity index (χ4v) is 2.50. The van der Waals surface area contributed by atoms with Gasteiger partial charge in [-0.1, -0.05) is 18.2 Å². The molecule has 1 aliphatic carbocycles. The highest BCUT2D eigenvalue weighted by molar-refractivity contribution is 6.35. The summed E-state index contributed by atoms with van der Waals surface area (Å²) >= 11 is 0. The van der Waals surface area contributed by atoms with Crippen LogP contribution in [-0.4, -0.2) is 36.6 Å². The van der Waals surface area contributed by atoms with E-state index >= 15 is 0 Å². The summed E-state index contributed by atoms with van der Waals surface area (Å²) in [6.45, 7) is -0.436. The quantitative estimate of drug-likeness (QED) is 0.343. The third-order valence-electron chi connectivity index (χ3n) is 4.20. The normalized spacial score (nSPS) is 13.5. The Kier molecular flexibility index (Phi) is 7.08. The maximum Gasteiger partial charge on any atom is 0.416 e. The van der Waals surface area contributed by atoms with Gasteiger partial charge in [0.2, 0.25) is 0 Å². The van der Waals surface area contributed by atoms with Crippen molar-refractivity contribution >= 4 is 29.6 Å². The molecule has 1 saturated carbocycles. The van der Waals surface area contributed by atoms with Gasteiger partial charge < -0.3 is 15.4 Å². The molecule has 3 N–H and O–H groups in total. The number of rotatable bonds is 7. The van der Waals surface area contributed by atoms with E-state index in [1.807, 2.05) is 0 Å². The minimum Gasteiger partial charge on any atom is -0.484 e. The van der Waals surface area contributed by atoms with Gasteiger partial charge in [0.25, 0.3) is 5.91 Å². The van der Waals surface area contributed by atoms with Crippen LogP contribution in [0.25, 0.3) is 0 Å². The molecule has 8 nitrogen and oxygen atoms in total. The van der Waals surface area contributed by atoms with Crippen molar-refractivity contribution in [1.29, 1.82) is 0 Å². The lowest BCUT2D eigenvalue weighted by atomic mass is 10.2. The molecule has 1 fully saturated rings. The molecular weight excluding hydrogens is 429 g/mol. The van der Waals surface area contributed by atoms with Gasteiger partial charge >= 0.3 is 18.0 Å². The second-order valence-electron chi connectivity index (χ2n) is 6.93. The molecule has 1 aliphatic rings. The molecule has 0 unspecified atom stereocenters. The van der Waals surface area contributed by atoms with Crippen molar-refractivity contribution in [3.8, 4) is 5.75 Å². The maximum absolute atomic E-state index is 12.7. The number of carbonyl (C=O) groups excluding carboxylic acids is 3. The van der Waals surface area contributed by atoms with Gasteiger partial charge in [0.1, 0.15) is 5.75 Å². The highest BCUT2D eigenvalue weighted by atomic mass is 19.4. The number of ether oxygens (including phenoxy) is 1. The molecule has 0 saturated heterocycles. The Labute approximate surface area is 180 Å². The number of halogens is 3. The number of anilines is 1. The summed E-state index contributed by atoms with van der Waals surface area (Å²) in [5, 5.41) is 8.57. The van der Waals surface area contributed by atoms with Crippen LogP contribution in [0.15, 0.2) is 53.6 Å². The summed E-state index contributed by atoms with van der Waals surface area (Å²) in [5.74, 6) is -1.98. The molecule has 0 radical (unpaired) electrons. The lowest BCUT2D eigenvalue weighted by Gasteiger charge is -2.10. The predicted octanol–water partition coefficient (Wildman–Crippen LogP) is 2.45. The molecule has 0 spiro atoms. The summed E-state index contributed by atoms with van der Waals surface area (Å²) in [6.07, 6.45) is -1.52. The average Bonchev–Trinajstić information content (AvgIpc) is 3.56. The maximum atomic E-state index is 12.7. The monoisotopic (exact) mass is 448 g/mol. The van der Waals surface area contributed by atoms with Crippen molar-refractivity contribution in [1.82, 2.24) is 10.7 Å². The van der Waals surface area contributed by atoms with E-state index in [0.29, 0.717) is 11.3 Å². The number of nitrogens with zero attached hydrogens (tertiary/aromatic N) is 1. The SMILES string of the molecule is O=C(COc1cccc(C=NNC(=O)C(=O)NC2CC2)c1)Nc1cccc(C(F)(F)F)c1. The van der Waals surface area contributed by atoms with E-state index in [-0.39, 0.29) is 11.7 Å². The van der Waals surface area contributed by atoms with E-state index in [9.17, 15) is 27.6 Å². The standard InChI is InChI=1S/C21H19F3N4O4/c22-21(23,24)14-4-2-5-16(10-14)26-18(29)12-32-17-6-1-3-13(9-17)11-25-28-20(31)19(30)27-15-7-8-15/h1-6,9-11,15H,7-8,12H2,(H,26,29)(H,27,30)(H,28,31). The molecule has 168 valence electrons. The molecule has 3 rings (SSSR count). The van der Waals surface area contributed by atoms with Crippen molar-refractivity contribution in [2.24, 2.45) is 5.10 Å². The second kappa shape index (κ2) is 9.94. The van der Waals surface area contributed by atoms with Crippen LogP contribution in [0.5, 0.6) is 5.75 Å². The highest BCUT2D eigenvalue weighted by Crippen LogP contribution is 2.30. The molecule has 0 aliphatic heterocycles. The molecule has 0 heterocycles. The van der Waals surface area contributed by atoms with Crippen LogP contribution in [0, 0.1) is 0 Å². The number of alkyl halides is 3. The summed E-state index contributed by atoms with van der Waals surface area (Å²) in [5.41, 5.74) is 1.75. The Morgan fingerprint density at radius 1 is 1.06 bits per heavy atom. The number of benzene rings is 2. The average molecular weight is 448 g/mol. The molecule has 0 bridgehead atoms. The number of carbonyl (C=O) groups is 3. The van der Waals surface area contributed by atoms with Gasteiger partial charge in [-0.3, -0.25) is 14.4 Å². The topological polar surface area (TPSA) is 109 Å². The van der Waals surface area contributed by atoms with Crippen LogP contribution >= 0.6 is 0 Å². The van der Waals surface area contributed by atoms with E-state index in [0.717, 1.165) is 25.0 Å². The van der Waals surface area contributed by atoms with Crippen LogP contribution < -0.4 is 20.8 Å². The summed E-state index contributed by atoms with van der Waals surface area (Å²) in [6, 6.07) is 10.7. The van der Waals surface area contributed by atoms with E-state index in [1.165, 1.54) is 24.4 Å². The number of hydrogen-bond acceptors (Lipinski definition) is 5. The van der Waals surface area contributed by atoms with E-state index in [2.05, 4.69) is 21.2 Å². The second-order valence-corrected chi connectivity index (χ2v) is 6.93. The molecule has 3 amide bonds. The molecular formula is C21H19F3N4O4. The van der Waals surface area contributed by atoms with Crippen molar-refractivity contribution in [3.63, 3.8) is 0 Å². The van der Waals surface area contributed by atoms with Gasteiger partial charge in [-0.25, -0.2) is 5.43 Å². The fourth-order valence-electron chi connectivity index (χ4n) is 2.50. The first-order valence-electron chi connectivity index (χ1n) is 9.54. The molecule has 0 aromatic heterocycles.